The Labute approximate surface area is 89.9 Å². The Hall–Kier alpha value is -0.0800. The molecule has 0 aliphatic rings. The van der Waals surface area contributed by atoms with Gasteiger partial charge in [0.2, 0.25) is 0 Å². The first-order valence-corrected chi connectivity index (χ1v) is 5.71. The highest BCUT2D eigenvalue weighted by Crippen LogP contribution is 2.23. The van der Waals surface area contributed by atoms with Crippen LogP contribution in [0.5, 0.6) is 0 Å². The van der Waals surface area contributed by atoms with Crippen molar-refractivity contribution < 1.29 is 0 Å². The van der Waals surface area contributed by atoms with E-state index >= 15 is 0 Å². The lowest BCUT2D eigenvalue weighted by atomic mass is 9.87. The number of nitrogens with zero attached hydrogens (tertiary/aromatic N) is 1. The van der Waals surface area contributed by atoms with Crippen molar-refractivity contribution in [2.24, 2.45) is 11.1 Å². The molecule has 0 aromatic heterocycles. The van der Waals surface area contributed by atoms with Gasteiger partial charge in [-0.05, 0) is 45.7 Å². The average Bonchev–Trinajstić information content (AvgIpc) is 2.00. The molecule has 0 aromatic carbocycles. The summed E-state index contributed by atoms with van der Waals surface area (Å²) in [5, 5.41) is 0. The van der Waals surface area contributed by atoms with Crippen molar-refractivity contribution in [3.8, 4) is 0 Å². The third-order valence-corrected chi connectivity index (χ3v) is 3.08. The molecule has 0 aliphatic carbocycles. The Morgan fingerprint density at radius 1 is 1.21 bits per heavy atom. The van der Waals surface area contributed by atoms with Gasteiger partial charge in [-0.15, -0.1) is 0 Å². The molecule has 0 aromatic rings. The number of nitrogens with two attached hydrogens (primary N) is 1. The number of hydrogen-bond acceptors (Lipinski definition) is 2. The monoisotopic (exact) mass is 200 g/mol. The van der Waals surface area contributed by atoms with Gasteiger partial charge < -0.3 is 10.6 Å². The van der Waals surface area contributed by atoms with Crippen LogP contribution in [0.25, 0.3) is 0 Å². The maximum atomic E-state index is 5.72. The molecule has 2 heteroatoms. The molecule has 2 N–H and O–H groups in total. The molecule has 0 saturated heterocycles. The van der Waals surface area contributed by atoms with Gasteiger partial charge in [0.25, 0.3) is 0 Å². The van der Waals surface area contributed by atoms with Gasteiger partial charge in [-0.2, -0.15) is 0 Å². The first-order valence-electron chi connectivity index (χ1n) is 5.71. The normalized spacial score (nSPS) is 17.1. The summed E-state index contributed by atoms with van der Waals surface area (Å²) < 4.78 is 0. The zero-order valence-electron chi connectivity index (χ0n) is 10.8. The molecule has 0 aliphatic heterocycles. The molecule has 86 valence electrons. The molecule has 0 rings (SSSR count). The summed E-state index contributed by atoms with van der Waals surface area (Å²) in [6.07, 6.45) is 2.33. The summed E-state index contributed by atoms with van der Waals surface area (Å²) in [5.41, 5.74) is 6.09. The van der Waals surface area contributed by atoms with Crippen LogP contribution >= 0.6 is 0 Å². The highest BCUT2D eigenvalue weighted by molar-refractivity contribution is 4.77. The predicted molar refractivity (Wildman–Crippen MR) is 64.4 cm³/mol. The highest BCUT2D eigenvalue weighted by Gasteiger charge is 2.23. The SMILES string of the molecule is CC(N)CCCN(C)C(C)C(C)(C)C. The van der Waals surface area contributed by atoms with Gasteiger partial charge >= 0.3 is 0 Å². The van der Waals surface area contributed by atoms with Gasteiger partial charge in [0.05, 0.1) is 0 Å². The molecule has 2 unspecified atom stereocenters. The fraction of sp³-hybridized carbons (Fsp3) is 1.00. The van der Waals surface area contributed by atoms with Crippen molar-refractivity contribution in [2.45, 2.75) is 59.5 Å². The van der Waals surface area contributed by atoms with E-state index < -0.39 is 0 Å². The second kappa shape index (κ2) is 5.72. The molecule has 0 heterocycles. The van der Waals surface area contributed by atoms with Gasteiger partial charge in [0, 0.05) is 12.1 Å². The summed E-state index contributed by atoms with van der Waals surface area (Å²) in [4.78, 5) is 2.43. The molecule has 0 radical (unpaired) electrons. The van der Waals surface area contributed by atoms with E-state index in [0.29, 0.717) is 17.5 Å². The zero-order chi connectivity index (χ0) is 11.4. The molecule has 0 saturated carbocycles. The Morgan fingerprint density at radius 3 is 2.07 bits per heavy atom. The maximum absolute atomic E-state index is 5.72. The highest BCUT2D eigenvalue weighted by atomic mass is 15.1. The molecule has 0 amide bonds. The fourth-order valence-corrected chi connectivity index (χ4v) is 1.52. The zero-order valence-corrected chi connectivity index (χ0v) is 10.8. The van der Waals surface area contributed by atoms with Crippen molar-refractivity contribution in [3.63, 3.8) is 0 Å². The molecule has 0 bridgehead atoms. The second-order valence-electron chi connectivity index (χ2n) is 5.64. The lowest BCUT2D eigenvalue weighted by Gasteiger charge is -2.35. The van der Waals surface area contributed by atoms with Crippen LogP contribution in [-0.4, -0.2) is 30.6 Å². The van der Waals surface area contributed by atoms with Gasteiger partial charge in [-0.1, -0.05) is 20.8 Å². The van der Waals surface area contributed by atoms with E-state index in [4.69, 9.17) is 5.73 Å². The Balaban J connectivity index is 3.79. The fourth-order valence-electron chi connectivity index (χ4n) is 1.52. The Morgan fingerprint density at radius 2 is 1.71 bits per heavy atom. The van der Waals surface area contributed by atoms with Crippen LogP contribution in [-0.2, 0) is 0 Å². The molecule has 2 atom stereocenters. The summed E-state index contributed by atoms with van der Waals surface area (Å²) in [6.45, 7) is 12.4. The van der Waals surface area contributed by atoms with E-state index in [1.54, 1.807) is 0 Å². The van der Waals surface area contributed by atoms with Crippen LogP contribution < -0.4 is 5.73 Å². The van der Waals surface area contributed by atoms with Crippen LogP contribution in [0.4, 0.5) is 0 Å². The minimum absolute atomic E-state index is 0.341. The summed E-state index contributed by atoms with van der Waals surface area (Å²) in [6, 6.07) is 0.962. The standard InChI is InChI=1S/C12H28N2/c1-10(13)8-7-9-14(6)11(2)12(3,4)5/h10-11H,7-9,13H2,1-6H3. The van der Waals surface area contributed by atoms with Gasteiger partial charge in [0.15, 0.2) is 0 Å². The lowest BCUT2D eigenvalue weighted by molar-refractivity contribution is 0.138. The van der Waals surface area contributed by atoms with Crippen molar-refractivity contribution in [1.82, 2.24) is 4.90 Å². The van der Waals surface area contributed by atoms with Crippen molar-refractivity contribution in [2.75, 3.05) is 13.6 Å². The lowest BCUT2D eigenvalue weighted by Crippen LogP contribution is -2.40. The maximum Gasteiger partial charge on any atom is 0.0112 e. The van der Waals surface area contributed by atoms with Crippen molar-refractivity contribution >= 4 is 0 Å². The van der Waals surface area contributed by atoms with E-state index in [-0.39, 0.29) is 0 Å². The first kappa shape index (κ1) is 13.9. The molecule has 14 heavy (non-hydrogen) atoms. The van der Waals surface area contributed by atoms with E-state index in [1.807, 2.05) is 0 Å². The predicted octanol–water partition coefficient (Wildman–Crippen LogP) is 2.48. The van der Waals surface area contributed by atoms with Crippen molar-refractivity contribution in [3.05, 3.63) is 0 Å². The molecular formula is C12H28N2. The molecule has 0 fully saturated rings. The number of hydrogen-bond donors (Lipinski definition) is 1. The van der Waals surface area contributed by atoms with Crippen LogP contribution in [0.1, 0.15) is 47.5 Å². The smallest absolute Gasteiger partial charge is 0.0112 e. The molecule has 2 nitrogen and oxygen atoms in total. The third kappa shape index (κ3) is 5.61. The summed E-state index contributed by atoms with van der Waals surface area (Å²) in [7, 11) is 2.21. The minimum atomic E-state index is 0.341. The quantitative estimate of drug-likeness (QED) is 0.739. The van der Waals surface area contributed by atoms with Crippen LogP contribution in [0.3, 0.4) is 0 Å². The van der Waals surface area contributed by atoms with Crippen LogP contribution in [0.2, 0.25) is 0 Å². The Kier molecular flexibility index (Phi) is 5.68. The largest absolute Gasteiger partial charge is 0.328 e. The average molecular weight is 200 g/mol. The summed E-state index contributed by atoms with van der Waals surface area (Å²) in [5.74, 6) is 0. The third-order valence-electron chi connectivity index (χ3n) is 3.08. The summed E-state index contributed by atoms with van der Waals surface area (Å²) >= 11 is 0. The van der Waals surface area contributed by atoms with Crippen LogP contribution in [0, 0.1) is 5.41 Å². The number of rotatable bonds is 5. The van der Waals surface area contributed by atoms with Gasteiger partial charge in [-0.3, -0.25) is 0 Å². The van der Waals surface area contributed by atoms with Gasteiger partial charge in [-0.25, -0.2) is 0 Å². The van der Waals surface area contributed by atoms with Crippen LogP contribution in [0.15, 0.2) is 0 Å². The topological polar surface area (TPSA) is 29.3 Å². The van der Waals surface area contributed by atoms with E-state index in [1.165, 1.54) is 6.42 Å². The molecule has 0 spiro atoms. The second-order valence-corrected chi connectivity index (χ2v) is 5.64. The van der Waals surface area contributed by atoms with Crippen molar-refractivity contribution in [1.29, 1.82) is 0 Å². The van der Waals surface area contributed by atoms with E-state index in [0.717, 1.165) is 13.0 Å². The van der Waals surface area contributed by atoms with E-state index in [2.05, 4.69) is 46.6 Å². The Bertz CT molecular complexity index is 147. The first-order chi connectivity index (χ1) is 6.25. The van der Waals surface area contributed by atoms with Gasteiger partial charge in [0.1, 0.15) is 0 Å². The molecular weight excluding hydrogens is 172 g/mol. The minimum Gasteiger partial charge on any atom is -0.328 e. The van der Waals surface area contributed by atoms with E-state index in [9.17, 15) is 0 Å².